The summed E-state index contributed by atoms with van der Waals surface area (Å²) in [6, 6.07) is 22.2. The van der Waals surface area contributed by atoms with Crippen molar-refractivity contribution >= 4 is 43.0 Å². The van der Waals surface area contributed by atoms with Gasteiger partial charge in [-0.1, -0.05) is 56.1 Å². The minimum Gasteiger partial charge on any atom is -0.436 e. The number of hydrogen-bond acceptors (Lipinski definition) is 2. The first-order chi connectivity index (χ1) is 11.2. The molecule has 0 aliphatic rings. The van der Waals surface area contributed by atoms with Crippen molar-refractivity contribution in [3.8, 4) is 22.6 Å². The van der Waals surface area contributed by atoms with Gasteiger partial charge in [0, 0.05) is 14.5 Å². The van der Waals surface area contributed by atoms with E-state index < -0.39 is 0 Å². The highest BCUT2D eigenvalue weighted by atomic mass is 79.9. The molecule has 1 heterocycles. The van der Waals surface area contributed by atoms with Crippen molar-refractivity contribution in [2.45, 2.75) is 0 Å². The highest BCUT2D eigenvalue weighted by molar-refractivity contribution is 9.11. The summed E-state index contributed by atoms with van der Waals surface area (Å²) in [6.07, 6.45) is 0. The van der Waals surface area contributed by atoms with Gasteiger partial charge in [0.2, 0.25) is 5.89 Å². The van der Waals surface area contributed by atoms with Gasteiger partial charge in [-0.3, -0.25) is 0 Å². The Hall–Kier alpha value is -1.91. The summed E-state index contributed by atoms with van der Waals surface area (Å²) in [5.74, 6) is 0.646. The number of rotatable bonds is 2. The first kappa shape index (κ1) is 14.7. The van der Waals surface area contributed by atoms with Crippen molar-refractivity contribution in [2.75, 3.05) is 0 Å². The van der Waals surface area contributed by atoms with Crippen LogP contribution in [0.4, 0.5) is 0 Å². The average Bonchev–Trinajstić information content (AvgIpc) is 2.98. The molecule has 0 N–H and O–H groups in total. The van der Waals surface area contributed by atoms with E-state index in [0.717, 1.165) is 36.7 Å². The second kappa shape index (κ2) is 5.95. The van der Waals surface area contributed by atoms with Gasteiger partial charge in [0.15, 0.2) is 5.58 Å². The molecule has 3 aromatic carbocycles. The van der Waals surface area contributed by atoms with Crippen LogP contribution in [0.5, 0.6) is 0 Å². The molecule has 0 bridgehead atoms. The average molecular weight is 429 g/mol. The van der Waals surface area contributed by atoms with E-state index in [1.54, 1.807) is 0 Å². The standard InChI is InChI=1S/C19H11Br2NO/c20-15-9-14(10-16(21)11-15)12-5-7-13(8-6-12)19-22-17-3-1-2-4-18(17)23-19/h1-11H. The third kappa shape index (κ3) is 2.96. The molecule has 0 aliphatic heterocycles. The van der Waals surface area contributed by atoms with Gasteiger partial charge in [-0.25, -0.2) is 4.98 Å². The molecule has 0 saturated carbocycles. The Labute approximate surface area is 150 Å². The quantitative estimate of drug-likeness (QED) is 0.355. The highest BCUT2D eigenvalue weighted by Gasteiger charge is 2.08. The summed E-state index contributed by atoms with van der Waals surface area (Å²) in [5, 5.41) is 0. The molecule has 2 nitrogen and oxygen atoms in total. The van der Waals surface area contributed by atoms with E-state index in [9.17, 15) is 0 Å². The van der Waals surface area contributed by atoms with Crippen LogP contribution in [0, 0.1) is 0 Å². The van der Waals surface area contributed by atoms with E-state index in [2.05, 4.69) is 61.1 Å². The van der Waals surface area contributed by atoms with Crippen LogP contribution in [0.15, 0.2) is 80.1 Å². The maximum atomic E-state index is 5.81. The lowest BCUT2D eigenvalue weighted by Gasteiger charge is -2.04. The van der Waals surface area contributed by atoms with Crippen LogP contribution in [0.1, 0.15) is 0 Å². The summed E-state index contributed by atoms with van der Waals surface area (Å²) in [5.41, 5.74) is 4.95. The maximum Gasteiger partial charge on any atom is 0.227 e. The van der Waals surface area contributed by atoms with Gasteiger partial charge in [0.05, 0.1) is 0 Å². The molecule has 0 saturated heterocycles. The van der Waals surface area contributed by atoms with Crippen molar-refractivity contribution in [2.24, 2.45) is 0 Å². The highest BCUT2D eigenvalue weighted by Crippen LogP contribution is 2.30. The van der Waals surface area contributed by atoms with Gasteiger partial charge in [-0.15, -0.1) is 0 Å². The van der Waals surface area contributed by atoms with Crippen molar-refractivity contribution in [1.82, 2.24) is 4.98 Å². The fraction of sp³-hybridized carbons (Fsp3) is 0. The molecule has 0 radical (unpaired) electrons. The fourth-order valence-corrected chi connectivity index (χ4v) is 3.82. The Morgan fingerprint density at radius 3 is 2.04 bits per heavy atom. The van der Waals surface area contributed by atoms with Gasteiger partial charge in [-0.05, 0) is 53.6 Å². The number of fused-ring (bicyclic) bond motifs is 1. The molecule has 0 fully saturated rings. The molecule has 23 heavy (non-hydrogen) atoms. The predicted molar refractivity (Wildman–Crippen MR) is 100 cm³/mol. The Morgan fingerprint density at radius 1 is 0.696 bits per heavy atom. The molecule has 0 spiro atoms. The summed E-state index contributed by atoms with van der Waals surface area (Å²) >= 11 is 7.05. The topological polar surface area (TPSA) is 26.0 Å². The predicted octanol–water partition coefficient (Wildman–Crippen LogP) is 6.69. The second-order valence-electron chi connectivity index (χ2n) is 5.22. The molecular formula is C19H11Br2NO. The molecule has 0 aliphatic carbocycles. The number of hydrogen-bond donors (Lipinski definition) is 0. The number of oxazole rings is 1. The summed E-state index contributed by atoms with van der Waals surface area (Å²) in [4.78, 5) is 4.53. The number of aromatic nitrogens is 1. The fourth-order valence-electron chi connectivity index (χ4n) is 2.52. The largest absolute Gasteiger partial charge is 0.436 e. The normalized spacial score (nSPS) is 11.0. The SMILES string of the molecule is Brc1cc(Br)cc(-c2ccc(-c3nc4ccccc4o3)cc2)c1. The van der Waals surface area contributed by atoms with Crippen LogP contribution in [-0.2, 0) is 0 Å². The van der Waals surface area contributed by atoms with E-state index in [0.29, 0.717) is 5.89 Å². The van der Waals surface area contributed by atoms with Crippen molar-refractivity contribution in [3.05, 3.63) is 75.7 Å². The molecule has 4 aromatic rings. The summed E-state index contributed by atoms with van der Waals surface area (Å²) < 4.78 is 7.90. The van der Waals surface area contributed by atoms with E-state index in [1.807, 2.05) is 42.5 Å². The van der Waals surface area contributed by atoms with Gasteiger partial charge >= 0.3 is 0 Å². The molecule has 0 atom stereocenters. The van der Waals surface area contributed by atoms with Crippen LogP contribution < -0.4 is 0 Å². The van der Waals surface area contributed by atoms with Crippen molar-refractivity contribution in [1.29, 1.82) is 0 Å². The lowest BCUT2D eigenvalue weighted by molar-refractivity contribution is 0.620. The lowest BCUT2D eigenvalue weighted by Crippen LogP contribution is -1.81. The second-order valence-corrected chi connectivity index (χ2v) is 7.05. The Balaban J connectivity index is 1.72. The molecule has 4 heteroatoms. The lowest BCUT2D eigenvalue weighted by atomic mass is 10.0. The molecule has 0 amide bonds. The number of nitrogens with zero attached hydrogens (tertiary/aromatic N) is 1. The third-order valence-electron chi connectivity index (χ3n) is 3.62. The Kier molecular flexibility index (Phi) is 3.79. The zero-order valence-electron chi connectivity index (χ0n) is 12.0. The van der Waals surface area contributed by atoms with E-state index in [-0.39, 0.29) is 0 Å². The zero-order valence-corrected chi connectivity index (χ0v) is 15.1. The molecule has 0 unspecified atom stereocenters. The smallest absolute Gasteiger partial charge is 0.227 e. The first-order valence-corrected chi connectivity index (χ1v) is 8.70. The number of para-hydroxylation sites is 2. The molecular weight excluding hydrogens is 418 g/mol. The van der Waals surface area contributed by atoms with Crippen LogP contribution in [0.2, 0.25) is 0 Å². The molecule has 1 aromatic heterocycles. The van der Waals surface area contributed by atoms with E-state index >= 15 is 0 Å². The molecule has 112 valence electrons. The van der Waals surface area contributed by atoms with Gasteiger partial charge < -0.3 is 4.42 Å². The Bertz CT molecular complexity index is 937. The van der Waals surface area contributed by atoms with Crippen LogP contribution >= 0.6 is 31.9 Å². The zero-order chi connectivity index (χ0) is 15.8. The van der Waals surface area contributed by atoms with Gasteiger partial charge in [-0.2, -0.15) is 0 Å². The number of benzene rings is 3. The van der Waals surface area contributed by atoms with E-state index in [1.165, 1.54) is 0 Å². The third-order valence-corrected chi connectivity index (χ3v) is 4.54. The van der Waals surface area contributed by atoms with Crippen molar-refractivity contribution in [3.63, 3.8) is 0 Å². The minimum absolute atomic E-state index is 0.646. The Morgan fingerprint density at radius 2 is 1.35 bits per heavy atom. The van der Waals surface area contributed by atoms with Crippen LogP contribution in [0.25, 0.3) is 33.7 Å². The molecule has 4 rings (SSSR count). The van der Waals surface area contributed by atoms with Gasteiger partial charge in [0.25, 0.3) is 0 Å². The summed E-state index contributed by atoms with van der Waals surface area (Å²) in [7, 11) is 0. The van der Waals surface area contributed by atoms with E-state index in [4.69, 9.17) is 4.42 Å². The minimum atomic E-state index is 0.646. The monoisotopic (exact) mass is 427 g/mol. The van der Waals surface area contributed by atoms with Crippen LogP contribution in [-0.4, -0.2) is 4.98 Å². The number of halogens is 2. The van der Waals surface area contributed by atoms with Crippen LogP contribution in [0.3, 0.4) is 0 Å². The summed E-state index contributed by atoms with van der Waals surface area (Å²) in [6.45, 7) is 0. The maximum absolute atomic E-state index is 5.81. The van der Waals surface area contributed by atoms with Gasteiger partial charge in [0.1, 0.15) is 5.52 Å². The first-order valence-electron chi connectivity index (χ1n) is 7.11. The van der Waals surface area contributed by atoms with Crippen molar-refractivity contribution < 1.29 is 4.42 Å².